The molecular formula is C43H58O5. The van der Waals surface area contributed by atoms with Crippen LogP contribution in [0.1, 0.15) is 108 Å². The summed E-state index contributed by atoms with van der Waals surface area (Å²) in [5.41, 5.74) is 8.17. The smallest absolute Gasteiger partial charge is 0.333 e. The van der Waals surface area contributed by atoms with Crippen molar-refractivity contribution in [3.63, 3.8) is 0 Å². The number of aliphatic hydroxyl groups is 2. The summed E-state index contributed by atoms with van der Waals surface area (Å²) in [4.78, 5) is 11.9. The molecule has 2 N–H and O–H groups in total. The van der Waals surface area contributed by atoms with Crippen molar-refractivity contribution >= 4 is 5.97 Å². The number of hydrogen-bond donors (Lipinski definition) is 2. The Morgan fingerprint density at radius 3 is 2.17 bits per heavy atom. The summed E-state index contributed by atoms with van der Waals surface area (Å²) in [6, 6.07) is 22.3. The Morgan fingerprint density at radius 2 is 1.52 bits per heavy atom. The first kappa shape index (κ1) is 37.4. The van der Waals surface area contributed by atoms with Gasteiger partial charge in [-0.3, -0.25) is 0 Å². The molecule has 1 fully saturated rings. The van der Waals surface area contributed by atoms with Crippen LogP contribution in [0.2, 0.25) is 0 Å². The topological polar surface area (TPSA) is 76.0 Å². The third-order valence-electron chi connectivity index (χ3n) is 10.1. The number of esters is 1. The van der Waals surface area contributed by atoms with E-state index in [2.05, 4.69) is 75.0 Å². The van der Waals surface area contributed by atoms with Gasteiger partial charge in [-0.2, -0.15) is 0 Å². The minimum atomic E-state index is -0.746. The molecular weight excluding hydrogens is 596 g/mol. The Kier molecular flexibility index (Phi) is 14.3. The highest BCUT2D eigenvalue weighted by Gasteiger charge is 2.25. The van der Waals surface area contributed by atoms with Crippen LogP contribution in [0.4, 0.5) is 0 Å². The van der Waals surface area contributed by atoms with Gasteiger partial charge in [0.05, 0.1) is 26.4 Å². The van der Waals surface area contributed by atoms with E-state index in [-0.39, 0.29) is 32.4 Å². The van der Waals surface area contributed by atoms with Crippen molar-refractivity contribution in [1.82, 2.24) is 0 Å². The molecule has 0 saturated heterocycles. The van der Waals surface area contributed by atoms with Gasteiger partial charge in [0.15, 0.2) is 0 Å². The van der Waals surface area contributed by atoms with E-state index in [1.165, 1.54) is 79.2 Å². The van der Waals surface area contributed by atoms with Gasteiger partial charge in [-0.25, -0.2) is 4.79 Å². The maximum atomic E-state index is 11.9. The number of carbonyl (C=O) groups excluding carboxylic acids is 1. The Balaban J connectivity index is 1.49. The van der Waals surface area contributed by atoms with Gasteiger partial charge in [-0.15, -0.1) is 0 Å². The summed E-state index contributed by atoms with van der Waals surface area (Å²) < 4.78 is 11.5. The van der Waals surface area contributed by atoms with Crippen LogP contribution in [0.15, 0.2) is 72.8 Å². The van der Waals surface area contributed by atoms with E-state index in [1.54, 1.807) is 13.8 Å². The summed E-state index contributed by atoms with van der Waals surface area (Å²) in [5.74, 6) is 1.94. The molecule has 0 amide bonds. The number of ether oxygens (including phenoxy) is 2. The van der Waals surface area contributed by atoms with Gasteiger partial charge in [0.2, 0.25) is 0 Å². The summed E-state index contributed by atoms with van der Waals surface area (Å²) >= 11 is 0. The van der Waals surface area contributed by atoms with E-state index < -0.39 is 5.41 Å². The number of hydrogen-bond acceptors (Lipinski definition) is 5. The van der Waals surface area contributed by atoms with E-state index in [4.69, 9.17) is 9.47 Å². The lowest BCUT2D eigenvalue weighted by Crippen LogP contribution is -2.33. The fourth-order valence-corrected chi connectivity index (χ4v) is 6.79. The Hall–Kier alpha value is -3.41. The lowest BCUT2D eigenvalue weighted by atomic mass is 9.77. The van der Waals surface area contributed by atoms with E-state index in [9.17, 15) is 15.0 Å². The molecule has 0 heterocycles. The molecule has 5 heteroatoms. The predicted octanol–water partition coefficient (Wildman–Crippen LogP) is 9.86. The van der Waals surface area contributed by atoms with Gasteiger partial charge in [-0.1, -0.05) is 102 Å². The molecule has 1 saturated carbocycles. The summed E-state index contributed by atoms with van der Waals surface area (Å²) in [5, 5.41) is 19.5. The number of rotatable bonds is 18. The molecule has 5 nitrogen and oxygen atoms in total. The normalized spacial score (nSPS) is 16.5. The SMILES string of the molecule is C=C(C)C(=O)OCCCc1cc(-c2ccc(-c3ccc(C4CCC(CCCCC)CC4)cc3)cc2CC)ccc1OCC(C)(CO)CO. The quantitative estimate of drug-likeness (QED) is 0.0811. The number of benzene rings is 3. The zero-order valence-electron chi connectivity index (χ0n) is 29.9. The van der Waals surface area contributed by atoms with Crippen LogP contribution in [0, 0.1) is 11.3 Å². The second kappa shape index (κ2) is 18.4. The van der Waals surface area contributed by atoms with Crippen LogP contribution >= 0.6 is 0 Å². The fourth-order valence-electron chi connectivity index (χ4n) is 6.79. The third kappa shape index (κ3) is 10.3. The molecule has 1 aliphatic carbocycles. The van der Waals surface area contributed by atoms with Crippen molar-refractivity contribution in [3.05, 3.63) is 89.5 Å². The fraction of sp³-hybridized carbons (Fsp3) is 0.512. The summed E-state index contributed by atoms with van der Waals surface area (Å²) in [7, 11) is 0. The molecule has 1 aliphatic rings. The van der Waals surface area contributed by atoms with E-state index in [1.807, 2.05) is 6.07 Å². The van der Waals surface area contributed by atoms with Gasteiger partial charge in [0, 0.05) is 11.0 Å². The Labute approximate surface area is 289 Å². The number of aliphatic hydroxyl groups excluding tert-OH is 2. The average molecular weight is 655 g/mol. The maximum absolute atomic E-state index is 11.9. The molecule has 3 aromatic rings. The molecule has 0 aromatic heterocycles. The van der Waals surface area contributed by atoms with Crippen molar-refractivity contribution in [2.75, 3.05) is 26.4 Å². The molecule has 3 aromatic carbocycles. The monoisotopic (exact) mass is 654 g/mol. The predicted molar refractivity (Wildman–Crippen MR) is 197 cm³/mol. The summed E-state index contributed by atoms with van der Waals surface area (Å²) in [6.07, 6.45) is 13.1. The standard InChI is InChI=1S/C43H58O5/c1-6-8-9-11-32-13-15-34(16-14-32)35-17-19-36(20-18-35)37-21-23-40(33(7-2)26-37)38-22-24-41(48-30-43(5,28-44)29-45)39(27-38)12-10-25-47-42(46)31(3)4/h17-24,26-27,32,34,44-45H,3,6-16,25,28-30H2,1-2,4-5H3. The van der Waals surface area contributed by atoms with Crippen LogP contribution in [0.3, 0.4) is 0 Å². The highest BCUT2D eigenvalue weighted by molar-refractivity contribution is 5.86. The number of carbonyl (C=O) groups is 1. The molecule has 0 atom stereocenters. The number of aryl methyl sites for hydroxylation is 2. The largest absolute Gasteiger partial charge is 0.493 e. The van der Waals surface area contributed by atoms with Crippen LogP contribution in [0.25, 0.3) is 22.3 Å². The third-order valence-corrected chi connectivity index (χ3v) is 10.1. The molecule has 4 rings (SSSR count). The van der Waals surface area contributed by atoms with Gasteiger partial charge < -0.3 is 19.7 Å². The Bertz CT molecular complexity index is 1460. The average Bonchev–Trinajstić information content (AvgIpc) is 3.12. The minimum absolute atomic E-state index is 0.178. The van der Waals surface area contributed by atoms with Crippen molar-refractivity contribution < 1.29 is 24.5 Å². The van der Waals surface area contributed by atoms with E-state index in [0.29, 0.717) is 30.1 Å². The van der Waals surface area contributed by atoms with E-state index in [0.717, 1.165) is 23.5 Å². The molecule has 0 spiro atoms. The second-order valence-corrected chi connectivity index (χ2v) is 14.3. The molecule has 0 unspecified atom stereocenters. The van der Waals surface area contributed by atoms with Gasteiger partial charge in [-0.05, 0) is 115 Å². The van der Waals surface area contributed by atoms with Crippen LogP contribution in [-0.4, -0.2) is 42.6 Å². The molecule has 0 radical (unpaired) electrons. The highest BCUT2D eigenvalue weighted by Crippen LogP contribution is 2.39. The van der Waals surface area contributed by atoms with Gasteiger partial charge >= 0.3 is 5.97 Å². The van der Waals surface area contributed by atoms with Gasteiger partial charge in [0.1, 0.15) is 5.75 Å². The number of unbranched alkanes of at least 4 members (excludes halogenated alkanes) is 2. The maximum Gasteiger partial charge on any atom is 0.333 e. The summed E-state index contributed by atoms with van der Waals surface area (Å²) in [6.45, 7) is 11.7. The molecule has 0 bridgehead atoms. The zero-order chi connectivity index (χ0) is 34.5. The first-order valence-electron chi connectivity index (χ1n) is 18.2. The first-order chi connectivity index (χ1) is 23.2. The van der Waals surface area contributed by atoms with Crippen LogP contribution in [-0.2, 0) is 22.4 Å². The van der Waals surface area contributed by atoms with Crippen LogP contribution < -0.4 is 4.74 Å². The minimum Gasteiger partial charge on any atom is -0.493 e. The Morgan fingerprint density at radius 1 is 0.854 bits per heavy atom. The van der Waals surface area contributed by atoms with E-state index >= 15 is 0 Å². The van der Waals surface area contributed by atoms with Crippen LogP contribution in [0.5, 0.6) is 5.75 Å². The van der Waals surface area contributed by atoms with Gasteiger partial charge in [0.25, 0.3) is 0 Å². The lowest BCUT2D eigenvalue weighted by Gasteiger charge is -2.29. The molecule has 48 heavy (non-hydrogen) atoms. The zero-order valence-corrected chi connectivity index (χ0v) is 29.9. The molecule has 0 aliphatic heterocycles. The van der Waals surface area contributed by atoms with Crippen molar-refractivity contribution in [2.24, 2.45) is 11.3 Å². The lowest BCUT2D eigenvalue weighted by molar-refractivity contribution is -0.139. The first-order valence-corrected chi connectivity index (χ1v) is 18.2. The molecule has 260 valence electrons. The van der Waals surface area contributed by atoms with Crippen molar-refractivity contribution in [1.29, 1.82) is 0 Å². The second-order valence-electron chi connectivity index (χ2n) is 14.3. The highest BCUT2D eigenvalue weighted by atomic mass is 16.5. The van der Waals surface area contributed by atoms with Crippen molar-refractivity contribution in [2.45, 2.75) is 104 Å². The van der Waals surface area contributed by atoms with Crippen molar-refractivity contribution in [3.8, 4) is 28.0 Å².